The Morgan fingerprint density at radius 3 is 2.72 bits per heavy atom. The molecule has 1 heterocycles. The molecule has 0 radical (unpaired) electrons. The Morgan fingerprint density at radius 1 is 1.32 bits per heavy atom. The summed E-state index contributed by atoms with van der Waals surface area (Å²) in [6.45, 7) is 5.98. The van der Waals surface area contributed by atoms with E-state index in [4.69, 9.17) is 5.73 Å². The first-order valence-corrected chi connectivity index (χ1v) is 8.60. The van der Waals surface area contributed by atoms with Crippen LogP contribution in [0.15, 0.2) is 30.3 Å². The SMILES string of the molecule is Cc1cc(C)n(-c2cccc(NC(=O)C3CCCCC3(C)N)c2)n1.Cl. The van der Waals surface area contributed by atoms with Gasteiger partial charge in [-0.1, -0.05) is 18.9 Å². The molecule has 1 fully saturated rings. The maximum absolute atomic E-state index is 12.7. The van der Waals surface area contributed by atoms with Crippen molar-refractivity contribution in [1.82, 2.24) is 9.78 Å². The maximum atomic E-state index is 12.7. The predicted octanol–water partition coefficient (Wildman–Crippen LogP) is 3.76. The third-order valence-electron chi connectivity index (χ3n) is 4.94. The highest BCUT2D eigenvalue weighted by Gasteiger charge is 2.37. The number of benzene rings is 1. The summed E-state index contributed by atoms with van der Waals surface area (Å²) < 4.78 is 1.89. The van der Waals surface area contributed by atoms with Gasteiger partial charge in [0.15, 0.2) is 0 Å². The Labute approximate surface area is 155 Å². The molecule has 0 bridgehead atoms. The number of nitrogens with zero attached hydrogens (tertiary/aromatic N) is 2. The van der Waals surface area contributed by atoms with Crippen LogP contribution in [0.5, 0.6) is 0 Å². The zero-order chi connectivity index (χ0) is 17.3. The molecule has 5 nitrogen and oxygen atoms in total. The van der Waals surface area contributed by atoms with E-state index in [-0.39, 0.29) is 24.2 Å². The van der Waals surface area contributed by atoms with E-state index in [0.29, 0.717) is 0 Å². The number of amides is 1. The average Bonchev–Trinajstić information content (AvgIpc) is 2.85. The van der Waals surface area contributed by atoms with E-state index < -0.39 is 5.54 Å². The Kier molecular flexibility index (Phi) is 5.91. The molecule has 136 valence electrons. The van der Waals surface area contributed by atoms with Gasteiger partial charge in [-0.3, -0.25) is 4.79 Å². The van der Waals surface area contributed by atoms with E-state index in [1.54, 1.807) is 0 Å². The summed E-state index contributed by atoms with van der Waals surface area (Å²) in [4.78, 5) is 12.7. The standard InChI is InChI=1S/C19H26N4O.ClH/c1-13-11-14(2)23(22-13)16-8-6-7-15(12-16)21-18(24)17-9-4-5-10-19(17,3)20;/h6-8,11-12,17H,4-5,9-10,20H2,1-3H3,(H,21,24);1H. The molecule has 1 aliphatic carbocycles. The van der Waals surface area contributed by atoms with E-state index in [9.17, 15) is 4.79 Å². The molecular formula is C19H27ClN4O. The van der Waals surface area contributed by atoms with Crippen molar-refractivity contribution in [1.29, 1.82) is 0 Å². The van der Waals surface area contributed by atoms with Crippen molar-refractivity contribution in [3.63, 3.8) is 0 Å². The van der Waals surface area contributed by atoms with Crippen LogP contribution in [-0.2, 0) is 4.79 Å². The Hall–Kier alpha value is -1.85. The van der Waals surface area contributed by atoms with Crippen LogP contribution in [0.2, 0.25) is 0 Å². The Balaban J connectivity index is 0.00000225. The zero-order valence-electron chi connectivity index (χ0n) is 15.1. The minimum absolute atomic E-state index is 0. The first-order valence-electron chi connectivity index (χ1n) is 8.60. The number of carbonyl (C=O) groups is 1. The van der Waals surface area contributed by atoms with Gasteiger partial charge in [-0.2, -0.15) is 5.10 Å². The quantitative estimate of drug-likeness (QED) is 0.873. The zero-order valence-corrected chi connectivity index (χ0v) is 15.9. The summed E-state index contributed by atoms with van der Waals surface area (Å²) in [6.07, 6.45) is 3.92. The lowest BCUT2D eigenvalue weighted by Gasteiger charge is -2.37. The summed E-state index contributed by atoms with van der Waals surface area (Å²) in [5, 5.41) is 7.54. The number of aryl methyl sites for hydroxylation is 2. The minimum Gasteiger partial charge on any atom is -0.326 e. The minimum atomic E-state index is -0.421. The molecule has 1 aliphatic rings. The lowest BCUT2D eigenvalue weighted by Crippen LogP contribution is -2.51. The Bertz CT molecular complexity index is 754. The van der Waals surface area contributed by atoms with Crippen molar-refractivity contribution >= 4 is 24.0 Å². The maximum Gasteiger partial charge on any atom is 0.229 e. The molecule has 2 aromatic rings. The van der Waals surface area contributed by atoms with Crippen LogP contribution in [0, 0.1) is 19.8 Å². The molecule has 1 aromatic heterocycles. The highest BCUT2D eigenvalue weighted by Crippen LogP contribution is 2.32. The topological polar surface area (TPSA) is 72.9 Å². The number of nitrogens with one attached hydrogen (secondary N) is 1. The third kappa shape index (κ3) is 4.22. The average molecular weight is 363 g/mol. The van der Waals surface area contributed by atoms with Crippen molar-refractivity contribution in [2.24, 2.45) is 11.7 Å². The third-order valence-corrected chi connectivity index (χ3v) is 4.94. The van der Waals surface area contributed by atoms with E-state index in [1.165, 1.54) is 0 Å². The fourth-order valence-electron chi connectivity index (χ4n) is 3.62. The molecule has 0 aliphatic heterocycles. The summed E-state index contributed by atoms with van der Waals surface area (Å²) in [5.74, 6) is -0.117. The largest absolute Gasteiger partial charge is 0.326 e. The summed E-state index contributed by atoms with van der Waals surface area (Å²) in [5.41, 5.74) is 9.69. The molecule has 1 saturated carbocycles. The van der Waals surface area contributed by atoms with Gasteiger partial charge < -0.3 is 11.1 Å². The highest BCUT2D eigenvalue weighted by atomic mass is 35.5. The van der Waals surface area contributed by atoms with Crippen molar-refractivity contribution in [3.8, 4) is 5.69 Å². The lowest BCUT2D eigenvalue weighted by molar-refractivity contribution is -0.122. The van der Waals surface area contributed by atoms with Crippen molar-refractivity contribution in [2.75, 3.05) is 5.32 Å². The second-order valence-corrected chi connectivity index (χ2v) is 7.18. The van der Waals surface area contributed by atoms with Gasteiger partial charge in [-0.05, 0) is 57.9 Å². The van der Waals surface area contributed by atoms with Crippen LogP contribution < -0.4 is 11.1 Å². The molecular weight excluding hydrogens is 336 g/mol. The Morgan fingerprint density at radius 2 is 2.08 bits per heavy atom. The highest BCUT2D eigenvalue weighted by molar-refractivity contribution is 5.93. The normalized spacial score (nSPS) is 23.0. The van der Waals surface area contributed by atoms with Gasteiger partial charge in [0, 0.05) is 16.9 Å². The molecule has 0 spiro atoms. The summed E-state index contributed by atoms with van der Waals surface area (Å²) in [6, 6.07) is 9.82. The number of halogens is 1. The van der Waals surface area contributed by atoms with Crippen LogP contribution in [-0.4, -0.2) is 21.2 Å². The van der Waals surface area contributed by atoms with Crippen LogP contribution in [0.1, 0.15) is 44.0 Å². The van der Waals surface area contributed by atoms with Crippen molar-refractivity contribution in [3.05, 3.63) is 41.7 Å². The van der Waals surface area contributed by atoms with Gasteiger partial charge in [0.2, 0.25) is 5.91 Å². The monoisotopic (exact) mass is 362 g/mol. The first kappa shape index (κ1) is 19.5. The predicted molar refractivity (Wildman–Crippen MR) is 103 cm³/mol. The molecule has 3 rings (SSSR count). The summed E-state index contributed by atoms with van der Waals surface area (Å²) in [7, 11) is 0. The van der Waals surface area contributed by atoms with E-state index >= 15 is 0 Å². The number of rotatable bonds is 3. The molecule has 1 amide bonds. The van der Waals surface area contributed by atoms with Gasteiger partial charge in [-0.15, -0.1) is 12.4 Å². The fraction of sp³-hybridized carbons (Fsp3) is 0.474. The molecule has 25 heavy (non-hydrogen) atoms. The number of nitrogens with two attached hydrogens (primary N) is 1. The first-order chi connectivity index (χ1) is 11.4. The van der Waals surface area contributed by atoms with Crippen LogP contribution in [0.3, 0.4) is 0 Å². The van der Waals surface area contributed by atoms with Crippen LogP contribution in [0.25, 0.3) is 5.69 Å². The van der Waals surface area contributed by atoms with E-state index in [1.807, 2.05) is 55.8 Å². The van der Waals surface area contributed by atoms with Crippen molar-refractivity contribution in [2.45, 2.75) is 52.0 Å². The van der Waals surface area contributed by atoms with Gasteiger partial charge in [0.1, 0.15) is 0 Å². The lowest BCUT2D eigenvalue weighted by atomic mass is 9.74. The van der Waals surface area contributed by atoms with Crippen molar-refractivity contribution < 1.29 is 4.79 Å². The number of anilines is 1. The van der Waals surface area contributed by atoms with Gasteiger partial charge in [-0.25, -0.2) is 4.68 Å². The molecule has 3 N–H and O–H groups in total. The molecule has 2 unspecified atom stereocenters. The number of carbonyl (C=O) groups excluding carboxylic acids is 1. The molecule has 6 heteroatoms. The van der Waals surface area contributed by atoms with E-state index in [2.05, 4.69) is 10.4 Å². The smallest absolute Gasteiger partial charge is 0.229 e. The molecule has 2 atom stereocenters. The fourth-order valence-corrected chi connectivity index (χ4v) is 3.62. The second kappa shape index (κ2) is 7.58. The number of aromatic nitrogens is 2. The van der Waals surface area contributed by atoms with Gasteiger partial charge in [0.25, 0.3) is 0 Å². The van der Waals surface area contributed by atoms with Gasteiger partial charge >= 0.3 is 0 Å². The molecule has 1 aromatic carbocycles. The van der Waals surface area contributed by atoms with Crippen LogP contribution in [0.4, 0.5) is 5.69 Å². The molecule has 0 saturated heterocycles. The number of hydrogen-bond donors (Lipinski definition) is 2. The second-order valence-electron chi connectivity index (χ2n) is 7.18. The number of hydrogen-bond acceptors (Lipinski definition) is 3. The summed E-state index contributed by atoms with van der Waals surface area (Å²) >= 11 is 0. The van der Waals surface area contributed by atoms with Gasteiger partial charge in [0.05, 0.1) is 17.3 Å². The van der Waals surface area contributed by atoms with E-state index in [0.717, 1.165) is 48.4 Å². The van der Waals surface area contributed by atoms with Crippen LogP contribution >= 0.6 is 12.4 Å².